The second-order valence-corrected chi connectivity index (χ2v) is 8.13. The maximum atomic E-state index is 10.7. The summed E-state index contributed by atoms with van der Waals surface area (Å²) in [6, 6.07) is 12.7. The van der Waals surface area contributed by atoms with Gasteiger partial charge in [0.05, 0.1) is 19.8 Å². The van der Waals surface area contributed by atoms with Crippen molar-refractivity contribution in [3.05, 3.63) is 64.2 Å². The van der Waals surface area contributed by atoms with E-state index < -0.39 is 36.3 Å². The first kappa shape index (κ1) is 21.5. The third-order valence-electron chi connectivity index (χ3n) is 5.81. The molecule has 5 atom stereocenters. The van der Waals surface area contributed by atoms with Crippen molar-refractivity contribution in [2.24, 2.45) is 0 Å². The van der Waals surface area contributed by atoms with Crippen molar-refractivity contribution in [2.75, 3.05) is 19.8 Å². The molecule has 7 nitrogen and oxygen atoms in total. The van der Waals surface area contributed by atoms with E-state index in [4.69, 9.17) is 25.8 Å². The van der Waals surface area contributed by atoms with Crippen LogP contribution in [0.3, 0.4) is 0 Å². The summed E-state index contributed by atoms with van der Waals surface area (Å²) in [5, 5.41) is 41.7. The SMILES string of the molecule is CCOc1ccc(Cc2cc(C34OCC(CO)(O3)C(O)C(O)C4O)ccc2Cl)cc1. The lowest BCUT2D eigenvalue weighted by Crippen LogP contribution is -2.65. The van der Waals surface area contributed by atoms with Gasteiger partial charge in [-0.1, -0.05) is 29.8 Å². The smallest absolute Gasteiger partial charge is 0.225 e. The second-order valence-electron chi connectivity index (χ2n) is 7.72. The molecule has 2 aromatic rings. The van der Waals surface area contributed by atoms with Crippen LogP contribution in [0.25, 0.3) is 0 Å². The Bertz CT molecular complexity index is 905. The molecule has 2 fully saturated rings. The Morgan fingerprint density at radius 2 is 1.83 bits per heavy atom. The molecule has 2 saturated heterocycles. The second kappa shape index (κ2) is 8.09. The first-order valence-electron chi connectivity index (χ1n) is 9.85. The van der Waals surface area contributed by atoms with Crippen LogP contribution in [0.5, 0.6) is 5.75 Å². The fraction of sp³-hybridized carbons (Fsp3) is 0.455. The fourth-order valence-electron chi connectivity index (χ4n) is 4.09. The number of aliphatic hydroxyl groups excluding tert-OH is 4. The number of halogens is 1. The molecular formula is C22H25ClO7. The quantitative estimate of drug-likeness (QED) is 0.541. The lowest BCUT2D eigenvalue weighted by Gasteiger charge is -2.46. The number of rotatable bonds is 6. The summed E-state index contributed by atoms with van der Waals surface area (Å²) >= 11 is 6.41. The van der Waals surface area contributed by atoms with Gasteiger partial charge < -0.3 is 34.6 Å². The largest absolute Gasteiger partial charge is 0.494 e. The van der Waals surface area contributed by atoms with Gasteiger partial charge in [0.2, 0.25) is 5.79 Å². The van der Waals surface area contributed by atoms with Crippen molar-refractivity contribution in [1.29, 1.82) is 0 Å². The molecule has 4 rings (SSSR count). The molecule has 0 spiro atoms. The maximum Gasteiger partial charge on any atom is 0.225 e. The first-order chi connectivity index (χ1) is 14.3. The van der Waals surface area contributed by atoms with Gasteiger partial charge in [0.15, 0.2) is 0 Å². The molecule has 0 aliphatic carbocycles. The van der Waals surface area contributed by atoms with Gasteiger partial charge >= 0.3 is 0 Å². The topological polar surface area (TPSA) is 109 Å². The molecular weight excluding hydrogens is 412 g/mol. The van der Waals surface area contributed by atoms with Gasteiger partial charge in [0, 0.05) is 10.6 Å². The number of hydrogen-bond donors (Lipinski definition) is 4. The van der Waals surface area contributed by atoms with E-state index >= 15 is 0 Å². The minimum Gasteiger partial charge on any atom is -0.494 e. The molecule has 0 amide bonds. The van der Waals surface area contributed by atoms with E-state index in [9.17, 15) is 20.4 Å². The number of fused-ring (bicyclic) bond motifs is 2. The highest BCUT2D eigenvalue weighted by Gasteiger charge is 2.67. The molecule has 2 aliphatic heterocycles. The highest BCUT2D eigenvalue weighted by molar-refractivity contribution is 6.31. The number of ether oxygens (including phenoxy) is 3. The van der Waals surface area contributed by atoms with Crippen LogP contribution < -0.4 is 4.74 Å². The fourth-order valence-corrected chi connectivity index (χ4v) is 4.28. The molecule has 2 bridgehead atoms. The summed E-state index contributed by atoms with van der Waals surface area (Å²) < 4.78 is 17.1. The number of benzene rings is 2. The van der Waals surface area contributed by atoms with Crippen LogP contribution in [0.2, 0.25) is 5.02 Å². The predicted octanol–water partition coefficient (Wildman–Crippen LogP) is 1.36. The Morgan fingerprint density at radius 1 is 1.10 bits per heavy atom. The average Bonchev–Trinajstić information content (AvgIpc) is 3.14. The standard InChI is InChI=1S/C22H25ClO7/c1-2-28-16-6-3-13(4-7-16)9-14-10-15(5-8-17(14)23)22-20(27)18(25)19(26)21(11-24,30-22)12-29-22/h3-8,10,18-20,24-27H,2,9,11-12H2,1H3. The van der Waals surface area contributed by atoms with E-state index in [2.05, 4.69) is 0 Å². The Labute approximate surface area is 179 Å². The highest BCUT2D eigenvalue weighted by Crippen LogP contribution is 2.49. The molecule has 2 aliphatic rings. The summed E-state index contributed by atoms with van der Waals surface area (Å²) in [5.74, 6) is -0.925. The first-order valence-corrected chi connectivity index (χ1v) is 10.2. The van der Waals surface area contributed by atoms with Crippen LogP contribution in [0, 0.1) is 0 Å². The Morgan fingerprint density at radius 3 is 2.50 bits per heavy atom. The van der Waals surface area contributed by atoms with Crippen molar-refractivity contribution < 1.29 is 34.6 Å². The molecule has 162 valence electrons. The highest BCUT2D eigenvalue weighted by atomic mass is 35.5. The van der Waals surface area contributed by atoms with E-state index in [1.54, 1.807) is 18.2 Å². The van der Waals surface area contributed by atoms with Crippen LogP contribution in [-0.2, 0) is 21.7 Å². The Balaban J connectivity index is 1.66. The van der Waals surface area contributed by atoms with Crippen molar-refractivity contribution in [3.8, 4) is 5.75 Å². The molecule has 5 unspecified atom stereocenters. The summed E-state index contributed by atoms with van der Waals surface area (Å²) in [4.78, 5) is 0. The molecule has 0 aromatic heterocycles. The summed E-state index contributed by atoms with van der Waals surface area (Å²) in [6.07, 6.45) is -4.06. The lowest BCUT2D eigenvalue weighted by molar-refractivity contribution is -0.329. The van der Waals surface area contributed by atoms with Crippen molar-refractivity contribution in [2.45, 2.75) is 43.0 Å². The lowest BCUT2D eigenvalue weighted by atomic mass is 9.83. The van der Waals surface area contributed by atoms with E-state index in [1.165, 1.54) is 0 Å². The van der Waals surface area contributed by atoms with Crippen LogP contribution in [0.4, 0.5) is 0 Å². The summed E-state index contributed by atoms with van der Waals surface area (Å²) in [6.45, 7) is 1.78. The van der Waals surface area contributed by atoms with E-state index in [-0.39, 0.29) is 6.61 Å². The van der Waals surface area contributed by atoms with Crippen LogP contribution in [-0.4, -0.2) is 64.2 Å². The van der Waals surface area contributed by atoms with Gasteiger partial charge in [-0.15, -0.1) is 0 Å². The van der Waals surface area contributed by atoms with Crippen molar-refractivity contribution in [3.63, 3.8) is 0 Å². The normalized spacial score (nSPS) is 32.9. The van der Waals surface area contributed by atoms with Crippen LogP contribution in [0.15, 0.2) is 42.5 Å². The van der Waals surface area contributed by atoms with Crippen molar-refractivity contribution >= 4 is 11.6 Å². The molecule has 0 radical (unpaired) electrons. The molecule has 8 heteroatoms. The molecule has 4 N–H and O–H groups in total. The van der Waals surface area contributed by atoms with Gasteiger partial charge in [-0.25, -0.2) is 0 Å². The van der Waals surface area contributed by atoms with Crippen LogP contribution >= 0.6 is 11.6 Å². The van der Waals surface area contributed by atoms with E-state index in [0.29, 0.717) is 23.6 Å². The van der Waals surface area contributed by atoms with Gasteiger partial charge in [0.25, 0.3) is 0 Å². The zero-order valence-corrected chi connectivity index (χ0v) is 17.2. The number of hydrogen-bond acceptors (Lipinski definition) is 7. The predicted molar refractivity (Wildman–Crippen MR) is 108 cm³/mol. The molecule has 2 heterocycles. The van der Waals surface area contributed by atoms with E-state index in [0.717, 1.165) is 16.9 Å². The van der Waals surface area contributed by atoms with Gasteiger partial charge in [0.1, 0.15) is 29.7 Å². The van der Waals surface area contributed by atoms with E-state index in [1.807, 2.05) is 31.2 Å². The summed E-state index contributed by atoms with van der Waals surface area (Å²) in [5.41, 5.74) is 0.719. The third-order valence-corrected chi connectivity index (χ3v) is 6.17. The maximum absolute atomic E-state index is 10.7. The molecule has 30 heavy (non-hydrogen) atoms. The number of aliphatic hydroxyl groups is 4. The van der Waals surface area contributed by atoms with Crippen molar-refractivity contribution in [1.82, 2.24) is 0 Å². The monoisotopic (exact) mass is 436 g/mol. The molecule has 0 saturated carbocycles. The average molecular weight is 437 g/mol. The minimum atomic E-state index is -1.71. The Hall–Kier alpha value is -1.71. The molecule has 2 aromatic carbocycles. The zero-order valence-electron chi connectivity index (χ0n) is 16.5. The summed E-state index contributed by atoms with van der Waals surface area (Å²) in [7, 11) is 0. The third kappa shape index (κ3) is 3.40. The zero-order chi connectivity index (χ0) is 21.5. The minimum absolute atomic E-state index is 0.171. The van der Waals surface area contributed by atoms with Gasteiger partial charge in [-0.05, 0) is 48.7 Å². The Kier molecular flexibility index (Phi) is 5.80. The van der Waals surface area contributed by atoms with Gasteiger partial charge in [-0.3, -0.25) is 0 Å². The van der Waals surface area contributed by atoms with Gasteiger partial charge in [-0.2, -0.15) is 0 Å². The van der Waals surface area contributed by atoms with Crippen LogP contribution in [0.1, 0.15) is 23.6 Å².